The van der Waals surface area contributed by atoms with Crippen LogP contribution in [-0.4, -0.2) is 51.2 Å². The van der Waals surface area contributed by atoms with Crippen molar-refractivity contribution in [3.63, 3.8) is 0 Å². The lowest BCUT2D eigenvalue weighted by atomic mass is 9.96. The van der Waals surface area contributed by atoms with E-state index in [-0.39, 0.29) is 23.7 Å². The molecule has 7 heteroatoms. The van der Waals surface area contributed by atoms with Crippen molar-refractivity contribution in [1.29, 1.82) is 0 Å². The lowest BCUT2D eigenvalue weighted by Crippen LogP contribution is -2.43. The minimum absolute atomic E-state index is 0.113. The number of aromatic nitrogens is 3. The van der Waals surface area contributed by atoms with Crippen LogP contribution < -0.4 is 0 Å². The molecular formula is C35H38N4O3. The highest BCUT2D eigenvalue weighted by atomic mass is 16.5. The van der Waals surface area contributed by atoms with E-state index in [1.807, 2.05) is 54.2 Å². The summed E-state index contributed by atoms with van der Waals surface area (Å²) in [4.78, 5) is 33.1. The number of pyridine rings is 1. The van der Waals surface area contributed by atoms with E-state index >= 15 is 0 Å². The smallest absolute Gasteiger partial charge is 0.341 e. The van der Waals surface area contributed by atoms with Crippen LogP contribution in [0.1, 0.15) is 95.0 Å². The maximum absolute atomic E-state index is 13.6. The molecule has 216 valence electrons. The average molecular weight is 563 g/mol. The molecule has 1 aliphatic carbocycles. The third-order valence-electron chi connectivity index (χ3n) is 8.71. The zero-order chi connectivity index (χ0) is 29.2. The molecule has 2 aliphatic rings. The number of esters is 1. The molecule has 1 saturated carbocycles. The number of ether oxygens (including phenoxy) is 1. The lowest BCUT2D eigenvalue weighted by Gasteiger charge is -2.36. The van der Waals surface area contributed by atoms with Gasteiger partial charge in [-0.1, -0.05) is 43.7 Å². The standard InChI is InChI=1S/C35H38N4O3/c1-4-9-27-13-5-6-17-38(27)34(40)26-12-7-10-24(18-26)25-11-8-14-28(19-25)39-33(31(22-37-39)35(41)42-3)30-20-29(30)32-16-15-23(2)21-36-32/h7-8,10-12,14-16,18-19,21-22,27,29-30H,4-6,9,13,17,20H2,1-3H3/t27-,29?,30?/m1/s1. The van der Waals surface area contributed by atoms with Gasteiger partial charge >= 0.3 is 5.97 Å². The average Bonchev–Trinajstić information content (AvgIpc) is 3.70. The lowest BCUT2D eigenvalue weighted by molar-refractivity contribution is 0.0592. The molecule has 2 fully saturated rings. The van der Waals surface area contributed by atoms with Crippen LogP contribution >= 0.6 is 0 Å². The molecule has 42 heavy (non-hydrogen) atoms. The highest BCUT2D eigenvalue weighted by Crippen LogP contribution is 2.55. The number of methoxy groups -OCH3 is 1. The van der Waals surface area contributed by atoms with E-state index in [1.165, 1.54) is 13.5 Å². The maximum Gasteiger partial charge on any atom is 0.341 e. The Kier molecular flexibility index (Phi) is 7.92. The maximum atomic E-state index is 13.6. The van der Waals surface area contributed by atoms with Crippen molar-refractivity contribution < 1.29 is 14.3 Å². The summed E-state index contributed by atoms with van der Waals surface area (Å²) in [5, 5.41) is 4.66. The highest BCUT2D eigenvalue weighted by Gasteiger charge is 2.45. The van der Waals surface area contributed by atoms with Gasteiger partial charge in [0.2, 0.25) is 0 Å². The van der Waals surface area contributed by atoms with Crippen LogP contribution in [0.25, 0.3) is 16.8 Å². The van der Waals surface area contributed by atoms with Crippen molar-refractivity contribution in [2.45, 2.75) is 70.3 Å². The predicted octanol–water partition coefficient (Wildman–Crippen LogP) is 7.10. The summed E-state index contributed by atoms with van der Waals surface area (Å²) in [6.45, 7) is 5.04. The number of piperidine rings is 1. The van der Waals surface area contributed by atoms with Crippen LogP contribution in [-0.2, 0) is 4.74 Å². The van der Waals surface area contributed by atoms with E-state index < -0.39 is 0 Å². The molecule has 3 heterocycles. The Morgan fingerprint density at radius 1 is 0.976 bits per heavy atom. The van der Waals surface area contributed by atoms with Gasteiger partial charge in [-0.15, -0.1) is 0 Å². The van der Waals surface area contributed by atoms with E-state index in [4.69, 9.17) is 4.74 Å². The Morgan fingerprint density at radius 2 is 1.79 bits per heavy atom. The van der Waals surface area contributed by atoms with E-state index in [2.05, 4.69) is 46.2 Å². The van der Waals surface area contributed by atoms with Crippen LogP contribution in [0, 0.1) is 6.92 Å². The van der Waals surface area contributed by atoms with Gasteiger partial charge in [0.05, 0.1) is 24.7 Å². The van der Waals surface area contributed by atoms with Crippen molar-refractivity contribution in [3.05, 3.63) is 101 Å². The molecule has 0 spiro atoms. The molecule has 0 bridgehead atoms. The van der Waals surface area contributed by atoms with E-state index in [9.17, 15) is 9.59 Å². The molecule has 0 radical (unpaired) electrons. The zero-order valence-electron chi connectivity index (χ0n) is 24.6. The summed E-state index contributed by atoms with van der Waals surface area (Å²) in [5.41, 5.74) is 7.02. The molecule has 7 nitrogen and oxygen atoms in total. The quantitative estimate of drug-likeness (QED) is 0.214. The topological polar surface area (TPSA) is 77.3 Å². The molecule has 6 rings (SSSR count). The molecule has 1 saturated heterocycles. The van der Waals surface area contributed by atoms with E-state index in [1.54, 1.807) is 6.20 Å². The van der Waals surface area contributed by atoms with Gasteiger partial charge in [0.25, 0.3) is 5.91 Å². The Balaban J connectivity index is 1.31. The van der Waals surface area contributed by atoms with Crippen molar-refractivity contribution >= 4 is 11.9 Å². The van der Waals surface area contributed by atoms with E-state index in [0.717, 1.165) is 78.0 Å². The number of rotatable bonds is 8. The summed E-state index contributed by atoms with van der Waals surface area (Å²) < 4.78 is 6.99. The van der Waals surface area contributed by atoms with Gasteiger partial charge in [-0.3, -0.25) is 9.78 Å². The summed E-state index contributed by atoms with van der Waals surface area (Å²) in [5.74, 6) is 0.0663. The van der Waals surface area contributed by atoms with E-state index in [0.29, 0.717) is 11.6 Å². The van der Waals surface area contributed by atoms with Crippen molar-refractivity contribution in [2.75, 3.05) is 13.7 Å². The molecule has 2 unspecified atom stereocenters. The van der Waals surface area contributed by atoms with Gasteiger partial charge in [-0.05, 0) is 86.1 Å². The number of hydrogen-bond acceptors (Lipinski definition) is 5. The summed E-state index contributed by atoms with van der Waals surface area (Å²) in [6.07, 6.45) is 9.87. The number of amides is 1. The summed E-state index contributed by atoms with van der Waals surface area (Å²) >= 11 is 0. The van der Waals surface area contributed by atoms with Gasteiger partial charge < -0.3 is 9.64 Å². The van der Waals surface area contributed by atoms with Crippen molar-refractivity contribution in [1.82, 2.24) is 19.7 Å². The predicted molar refractivity (Wildman–Crippen MR) is 163 cm³/mol. The second-order valence-corrected chi connectivity index (χ2v) is 11.6. The molecule has 2 aromatic heterocycles. The second kappa shape index (κ2) is 11.9. The van der Waals surface area contributed by atoms with Gasteiger partial charge in [-0.25, -0.2) is 9.48 Å². The first-order valence-electron chi connectivity index (χ1n) is 15.1. The fraction of sp³-hybridized carbons (Fsp3) is 0.371. The number of hydrogen-bond donors (Lipinski definition) is 0. The number of likely N-dealkylation sites (tertiary alicyclic amines) is 1. The zero-order valence-corrected chi connectivity index (χ0v) is 24.6. The van der Waals surface area contributed by atoms with Gasteiger partial charge in [0, 0.05) is 41.9 Å². The Morgan fingerprint density at radius 3 is 2.55 bits per heavy atom. The summed E-state index contributed by atoms with van der Waals surface area (Å²) in [6, 6.07) is 20.5. The number of nitrogens with zero attached hydrogens (tertiary/aromatic N) is 4. The third-order valence-corrected chi connectivity index (χ3v) is 8.71. The van der Waals surface area contributed by atoms with Crippen LogP contribution in [0.15, 0.2) is 73.1 Å². The minimum Gasteiger partial charge on any atom is -0.465 e. The monoisotopic (exact) mass is 562 g/mol. The first-order valence-corrected chi connectivity index (χ1v) is 15.1. The first kappa shape index (κ1) is 27.9. The van der Waals surface area contributed by atoms with Crippen LogP contribution in [0.5, 0.6) is 0 Å². The number of benzene rings is 2. The molecule has 4 aromatic rings. The fourth-order valence-electron chi connectivity index (χ4n) is 6.43. The van der Waals surface area contributed by atoms with Crippen molar-refractivity contribution in [2.24, 2.45) is 0 Å². The number of aryl methyl sites for hydroxylation is 1. The summed E-state index contributed by atoms with van der Waals surface area (Å²) in [7, 11) is 1.40. The minimum atomic E-state index is -0.389. The second-order valence-electron chi connectivity index (χ2n) is 11.6. The molecule has 1 amide bonds. The third kappa shape index (κ3) is 5.48. The fourth-order valence-corrected chi connectivity index (χ4v) is 6.43. The van der Waals surface area contributed by atoms with Gasteiger partial charge in [-0.2, -0.15) is 5.10 Å². The Bertz CT molecular complexity index is 1590. The normalized spacial score (nSPS) is 19.9. The number of carbonyl (C=O) groups is 2. The number of carbonyl (C=O) groups excluding carboxylic acids is 2. The van der Waals surface area contributed by atoms with Gasteiger partial charge in [0.15, 0.2) is 0 Å². The van der Waals surface area contributed by atoms with Crippen LogP contribution in [0.3, 0.4) is 0 Å². The highest BCUT2D eigenvalue weighted by molar-refractivity contribution is 5.96. The van der Waals surface area contributed by atoms with Crippen LogP contribution in [0.2, 0.25) is 0 Å². The first-order chi connectivity index (χ1) is 20.5. The molecule has 1 aliphatic heterocycles. The molecular weight excluding hydrogens is 524 g/mol. The Labute approximate surface area is 247 Å². The molecule has 0 N–H and O–H groups in total. The molecule has 2 aromatic carbocycles. The largest absolute Gasteiger partial charge is 0.465 e. The Hall–Kier alpha value is -4.26. The molecule has 3 atom stereocenters. The van der Waals surface area contributed by atoms with Crippen molar-refractivity contribution in [3.8, 4) is 16.8 Å². The van der Waals surface area contributed by atoms with Gasteiger partial charge in [0.1, 0.15) is 5.56 Å². The van der Waals surface area contributed by atoms with Crippen LogP contribution in [0.4, 0.5) is 0 Å². The SMILES string of the molecule is CCC[C@@H]1CCCCN1C(=O)c1cccc(-c2cccc(-n3ncc(C(=O)OC)c3C3CC3c3ccc(C)cn3)c2)c1.